The normalized spacial score (nSPS) is 19.8. The predicted molar refractivity (Wildman–Crippen MR) is 71.4 cm³/mol. The minimum absolute atomic E-state index is 0.692. The summed E-state index contributed by atoms with van der Waals surface area (Å²) < 4.78 is 0. The quantitative estimate of drug-likeness (QED) is 0.768. The van der Waals surface area contributed by atoms with Crippen LogP contribution in [0.15, 0.2) is 30.4 Å². The van der Waals surface area contributed by atoms with Crippen molar-refractivity contribution in [3.63, 3.8) is 0 Å². The van der Waals surface area contributed by atoms with Gasteiger partial charge in [0.25, 0.3) is 0 Å². The molecule has 0 aromatic heterocycles. The highest BCUT2D eigenvalue weighted by Gasteiger charge is 2.11. The average molecular weight is 256 g/mol. The minimum atomic E-state index is 0.692. The molecule has 16 heavy (non-hydrogen) atoms. The Morgan fingerprint density at radius 2 is 1.94 bits per heavy atom. The van der Waals surface area contributed by atoms with E-state index in [4.69, 9.17) is 23.2 Å². The second kappa shape index (κ2) is 5.60. The van der Waals surface area contributed by atoms with Crippen molar-refractivity contribution >= 4 is 28.9 Å². The summed E-state index contributed by atoms with van der Waals surface area (Å²) in [5.41, 5.74) is 0.861. The third kappa shape index (κ3) is 2.93. The van der Waals surface area contributed by atoms with Gasteiger partial charge in [-0.05, 0) is 37.3 Å². The molecule has 0 saturated carbocycles. The number of rotatable bonds is 3. The Morgan fingerprint density at radius 3 is 2.56 bits per heavy atom. The summed E-state index contributed by atoms with van der Waals surface area (Å²) in [7, 11) is 0. The third-order valence-corrected chi connectivity index (χ3v) is 3.54. The molecular formula is C13H15Cl2N. The van der Waals surface area contributed by atoms with Crippen LogP contribution in [-0.4, -0.2) is 6.54 Å². The molecule has 0 radical (unpaired) electrons. The van der Waals surface area contributed by atoms with E-state index in [1.54, 1.807) is 0 Å². The topological polar surface area (TPSA) is 12.0 Å². The zero-order chi connectivity index (χ0) is 11.4. The van der Waals surface area contributed by atoms with Gasteiger partial charge >= 0.3 is 0 Å². The average Bonchev–Trinajstić information content (AvgIpc) is 2.30. The molecule has 1 nitrogen and oxygen atoms in total. The molecule has 1 unspecified atom stereocenters. The van der Waals surface area contributed by atoms with Crippen LogP contribution in [0.5, 0.6) is 0 Å². The van der Waals surface area contributed by atoms with E-state index >= 15 is 0 Å². The molecule has 86 valence electrons. The maximum absolute atomic E-state index is 6.09. The van der Waals surface area contributed by atoms with E-state index in [1.165, 1.54) is 12.8 Å². The van der Waals surface area contributed by atoms with Gasteiger partial charge < -0.3 is 5.32 Å². The van der Waals surface area contributed by atoms with Crippen LogP contribution in [0.4, 0.5) is 5.69 Å². The zero-order valence-corrected chi connectivity index (χ0v) is 10.6. The lowest BCUT2D eigenvalue weighted by Crippen LogP contribution is -2.15. The molecule has 0 spiro atoms. The maximum Gasteiger partial charge on any atom is 0.0719 e. The zero-order valence-electron chi connectivity index (χ0n) is 9.05. The number of nitrogens with one attached hydrogen (secondary N) is 1. The highest BCUT2D eigenvalue weighted by atomic mass is 35.5. The molecule has 0 amide bonds. The number of benzene rings is 1. The first-order valence-electron chi connectivity index (χ1n) is 5.60. The highest BCUT2D eigenvalue weighted by molar-refractivity contribution is 6.39. The van der Waals surface area contributed by atoms with Gasteiger partial charge in [0.1, 0.15) is 0 Å². The molecule has 1 N–H and O–H groups in total. The molecule has 1 aliphatic rings. The van der Waals surface area contributed by atoms with E-state index in [0.29, 0.717) is 16.0 Å². The molecule has 1 aromatic rings. The summed E-state index contributed by atoms with van der Waals surface area (Å²) in [5, 5.41) is 4.74. The van der Waals surface area contributed by atoms with Gasteiger partial charge in [0.15, 0.2) is 0 Å². The number of anilines is 1. The van der Waals surface area contributed by atoms with Gasteiger partial charge in [-0.2, -0.15) is 0 Å². The van der Waals surface area contributed by atoms with Gasteiger partial charge in [-0.1, -0.05) is 41.4 Å². The lowest BCUT2D eigenvalue weighted by atomic mass is 9.94. The number of halogens is 2. The van der Waals surface area contributed by atoms with Gasteiger partial charge in [-0.25, -0.2) is 0 Å². The molecule has 2 rings (SSSR count). The summed E-state index contributed by atoms with van der Waals surface area (Å²) in [5.74, 6) is 0.692. The summed E-state index contributed by atoms with van der Waals surface area (Å²) in [6.45, 7) is 0.938. The van der Waals surface area contributed by atoms with Crippen molar-refractivity contribution in [1.29, 1.82) is 0 Å². The van der Waals surface area contributed by atoms with Crippen LogP contribution < -0.4 is 5.32 Å². The van der Waals surface area contributed by atoms with Crippen LogP contribution in [0.1, 0.15) is 19.3 Å². The van der Waals surface area contributed by atoms with Crippen LogP contribution in [-0.2, 0) is 0 Å². The molecule has 0 saturated heterocycles. The van der Waals surface area contributed by atoms with Crippen molar-refractivity contribution in [3.8, 4) is 0 Å². The first kappa shape index (κ1) is 11.8. The van der Waals surface area contributed by atoms with Crippen LogP contribution in [0.25, 0.3) is 0 Å². The monoisotopic (exact) mass is 255 g/mol. The summed E-state index contributed by atoms with van der Waals surface area (Å²) in [4.78, 5) is 0. The molecule has 0 bridgehead atoms. The number of allylic oxidation sites excluding steroid dienone is 2. The fourth-order valence-corrected chi connectivity index (χ4v) is 2.49. The maximum atomic E-state index is 6.09. The first-order valence-corrected chi connectivity index (χ1v) is 6.36. The Labute approximate surface area is 106 Å². The van der Waals surface area contributed by atoms with Gasteiger partial charge in [0.2, 0.25) is 0 Å². The Kier molecular flexibility index (Phi) is 4.14. The molecule has 0 aliphatic heterocycles. The summed E-state index contributed by atoms with van der Waals surface area (Å²) >= 11 is 12.2. The van der Waals surface area contributed by atoms with Crippen LogP contribution in [0.3, 0.4) is 0 Å². The summed E-state index contributed by atoms with van der Waals surface area (Å²) in [6, 6.07) is 5.58. The lowest BCUT2D eigenvalue weighted by Gasteiger charge is -2.19. The van der Waals surface area contributed by atoms with Crippen molar-refractivity contribution in [1.82, 2.24) is 0 Å². The number of para-hydroxylation sites is 1. The van der Waals surface area contributed by atoms with E-state index < -0.39 is 0 Å². The molecule has 3 heteroatoms. The lowest BCUT2D eigenvalue weighted by molar-refractivity contribution is 0.504. The largest absolute Gasteiger partial charge is 0.382 e. The van der Waals surface area contributed by atoms with E-state index in [9.17, 15) is 0 Å². The number of hydrogen-bond acceptors (Lipinski definition) is 1. The van der Waals surface area contributed by atoms with E-state index in [1.807, 2.05) is 18.2 Å². The van der Waals surface area contributed by atoms with E-state index in [-0.39, 0.29) is 0 Å². The Balaban J connectivity index is 1.96. The Morgan fingerprint density at radius 1 is 1.19 bits per heavy atom. The van der Waals surface area contributed by atoms with Gasteiger partial charge in [-0.15, -0.1) is 0 Å². The SMILES string of the molecule is Clc1cccc(Cl)c1NCC1CC=CCC1. The molecule has 1 aromatic carbocycles. The van der Waals surface area contributed by atoms with E-state index in [0.717, 1.165) is 18.7 Å². The predicted octanol–water partition coefficient (Wildman–Crippen LogP) is 4.76. The van der Waals surface area contributed by atoms with Gasteiger partial charge in [0, 0.05) is 6.54 Å². The molecule has 0 fully saturated rings. The van der Waals surface area contributed by atoms with Crippen LogP contribution in [0, 0.1) is 5.92 Å². The van der Waals surface area contributed by atoms with Crippen molar-refractivity contribution in [2.24, 2.45) is 5.92 Å². The second-order valence-corrected chi connectivity index (χ2v) is 4.94. The van der Waals surface area contributed by atoms with Crippen LogP contribution >= 0.6 is 23.2 Å². The third-order valence-electron chi connectivity index (χ3n) is 2.91. The van der Waals surface area contributed by atoms with Crippen molar-refractivity contribution in [3.05, 3.63) is 40.4 Å². The van der Waals surface area contributed by atoms with Crippen LogP contribution in [0.2, 0.25) is 10.0 Å². The Bertz CT molecular complexity index is 367. The molecular weight excluding hydrogens is 241 g/mol. The first-order chi connectivity index (χ1) is 7.77. The van der Waals surface area contributed by atoms with E-state index in [2.05, 4.69) is 17.5 Å². The van der Waals surface area contributed by atoms with Crippen molar-refractivity contribution < 1.29 is 0 Å². The van der Waals surface area contributed by atoms with Gasteiger partial charge in [-0.3, -0.25) is 0 Å². The van der Waals surface area contributed by atoms with Crippen molar-refractivity contribution in [2.45, 2.75) is 19.3 Å². The Hall–Kier alpha value is -0.660. The van der Waals surface area contributed by atoms with Crippen molar-refractivity contribution in [2.75, 3.05) is 11.9 Å². The minimum Gasteiger partial charge on any atom is -0.382 e. The number of hydrogen-bond donors (Lipinski definition) is 1. The standard InChI is InChI=1S/C13H15Cl2N/c14-11-7-4-8-12(15)13(11)16-9-10-5-2-1-3-6-10/h1-2,4,7-8,10,16H,3,5-6,9H2. The molecule has 1 aliphatic carbocycles. The van der Waals surface area contributed by atoms with Gasteiger partial charge in [0.05, 0.1) is 15.7 Å². The highest BCUT2D eigenvalue weighted by Crippen LogP contribution is 2.30. The fourth-order valence-electron chi connectivity index (χ4n) is 1.95. The molecule has 0 heterocycles. The fraction of sp³-hybridized carbons (Fsp3) is 0.385. The molecule has 1 atom stereocenters. The smallest absolute Gasteiger partial charge is 0.0719 e. The second-order valence-electron chi connectivity index (χ2n) is 4.13. The summed E-state index contributed by atoms with van der Waals surface area (Å²) in [6.07, 6.45) is 8.08.